The number of nitrogens with one attached hydrogen (secondary N) is 1. The highest BCUT2D eigenvalue weighted by atomic mass is 16.5. The maximum absolute atomic E-state index is 13.3. The molecule has 2 atom stereocenters. The van der Waals surface area contributed by atoms with E-state index in [2.05, 4.69) is 5.32 Å². The van der Waals surface area contributed by atoms with Crippen LogP contribution < -0.4 is 14.8 Å². The lowest BCUT2D eigenvalue weighted by atomic mass is 9.87. The normalized spacial score (nSPS) is 17.3. The van der Waals surface area contributed by atoms with Crippen molar-refractivity contribution in [3.8, 4) is 11.5 Å². The van der Waals surface area contributed by atoms with Crippen LogP contribution in [0.2, 0.25) is 0 Å². The van der Waals surface area contributed by atoms with Crippen LogP contribution in [-0.4, -0.2) is 44.0 Å². The number of likely N-dealkylation sites (tertiary alicyclic amines) is 1. The van der Waals surface area contributed by atoms with Crippen molar-refractivity contribution in [2.75, 3.05) is 27.3 Å². The summed E-state index contributed by atoms with van der Waals surface area (Å²) in [5, 5.41) is 3.07. The van der Waals surface area contributed by atoms with Gasteiger partial charge in [-0.3, -0.25) is 9.59 Å². The van der Waals surface area contributed by atoms with E-state index in [9.17, 15) is 9.59 Å². The van der Waals surface area contributed by atoms with Crippen LogP contribution in [0.1, 0.15) is 22.6 Å². The number of hydrogen-bond acceptors (Lipinski definition) is 4. The number of amides is 2. The minimum absolute atomic E-state index is 0.0158. The Labute approximate surface area is 200 Å². The number of hydrogen-bond donors (Lipinski definition) is 1. The van der Waals surface area contributed by atoms with E-state index >= 15 is 0 Å². The zero-order valence-electron chi connectivity index (χ0n) is 19.6. The summed E-state index contributed by atoms with van der Waals surface area (Å²) in [7, 11) is 3.21. The molecule has 3 aromatic carbocycles. The summed E-state index contributed by atoms with van der Waals surface area (Å²) in [4.78, 5) is 28.3. The molecule has 1 saturated heterocycles. The quantitative estimate of drug-likeness (QED) is 0.558. The molecule has 1 fully saturated rings. The van der Waals surface area contributed by atoms with Crippen molar-refractivity contribution in [3.63, 3.8) is 0 Å². The fraction of sp³-hybridized carbons (Fsp3) is 0.286. The van der Waals surface area contributed by atoms with E-state index in [1.807, 2.05) is 78.9 Å². The second-order valence-electron chi connectivity index (χ2n) is 8.49. The van der Waals surface area contributed by atoms with Crippen LogP contribution in [0.3, 0.4) is 0 Å². The largest absolute Gasteiger partial charge is 0.497 e. The van der Waals surface area contributed by atoms with Gasteiger partial charge in [0.1, 0.15) is 11.5 Å². The van der Waals surface area contributed by atoms with Crippen LogP contribution in [0.15, 0.2) is 78.9 Å². The molecule has 1 heterocycles. The molecule has 6 nitrogen and oxygen atoms in total. The Morgan fingerprint density at radius 2 is 1.56 bits per heavy atom. The minimum Gasteiger partial charge on any atom is -0.497 e. The van der Waals surface area contributed by atoms with E-state index < -0.39 is 0 Å². The van der Waals surface area contributed by atoms with Crippen molar-refractivity contribution < 1.29 is 19.1 Å². The van der Waals surface area contributed by atoms with E-state index in [-0.39, 0.29) is 23.7 Å². The number of carbonyl (C=O) groups excluding carboxylic acids is 2. The second kappa shape index (κ2) is 10.9. The Morgan fingerprint density at radius 1 is 0.882 bits per heavy atom. The van der Waals surface area contributed by atoms with E-state index in [0.29, 0.717) is 37.6 Å². The summed E-state index contributed by atoms with van der Waals surface area (Å²) in [6.07, 6.45) is 0.311. The Hall–Kier alpha value is -3.80. The molecule has 0 saturated carbocycles. The third kappa shape index (κ3) is 5.39. The Bertz CT molecular complexity index is 1120. The van der Waals surface area contributed by atoms with Crippen LogP contribution in [-0.2, 0) is 22.6 Å². The molecule has 3 aromatic rings. The van der Waals surface area contributed by atoms with Crippen LogP contribution in [0.25, 0.3) is 0 Å². The standard InChI is InChI=1S/C28H30N2O4/c1-33-22-13-14-23(26(16-22)34-2)24-18-30(27(31)15-20-9-5-3-6-10-20)19-25(24)28(32)29-17-21-11-7-4-8-12-21/h3-14,16,24-25H,15,17-19H2,1-2H3,(H,29,32)/t24-,25-/m0/s1. The number of rotatable bonds is 8. The molecule has 0 bridgehead atoms. The van der Waals surface area contributed by atoms with Crippen LogP contribution in [0.4, 0.5) is 0 Å². The Balaban J connectivity index is 1.56. The molecule has 0 aliphatic carbocycles. The molecule has 6 heteroatoms. The fourth-order valence-electron chi connectivity index (χ4n) is 4.51. The van der Waals surface area contributed by atoms with E-state index in [1.165, 1.54) is 0 Å². The first kappa shape index (κ1) is 23.4. The molecule has 0 unspecified atom stereocenters. The number of carbonyl (C=O) groups is 2. The second-order valence-corrected chi connectivity index (χ2v) is 8.49. The summed E-state index contributed by atoms with van der Waals surface area (Å²) >= 11 is 0. The maximum atomic E-state index is 13.3. The van der Waals surface area contributed by atoms with Gasteiger partial charge in [0.15, 0.2) is 0 Å². The number of nitrogens with zero attached hydrogens (tertiary/aromatic N) is 1. The first-order valence-corrected chi connectivity index (χ1v) is 11.4. The summed E-state index contributed by atoms with van der Waals surface area (Å²) in [6.45, 7) is 1.27. The highest BCUT2D eigenvalue weighted by Crippen LogP contribution is 2.39. The average Bonchev–Trinajstić information content (AvgIpc) is 3.33. The fourth-order valence-corrected chi connectivity index (χ4v) is 4.51. The van der Waals surface area contributed by atoms with Crippen LogP contribution in [0, 0.1) is 5.92 Å². The van der Waals surface area contributed by atoms with Gasteiger partial charge in [0.2, 0.25) is 11.8 Å². The van der Waals surface area contributed by atoms with Crippen molar-refractivity contribution in [1.29, 1.82) is 0 Å². The molecule has 1 aliphatic heterocycles. The predicted molar refractivity (Wildman–Crippen MR) is 131 cm³/mol. The van der Waals surface area contributed by atoms with Crippen molar-refractivity contribution in [2.24, 2.45) is 5.92 Å². The van der Waals surface area contributed by atoms with Gasteiger partial charge in [0.25, 0.3) is 0 Å². The van der Waals surface area contributed by atoms with Gasteiger partial charge in [-0.05, 0) is 17.2 Å². The van der Waals surface area contributed by atoms with Gasteiger partial charge in [-0.1, -0.05) is 66.7 Å². The monoisotopic (exact) mass is 458 g/mol. The van der Waals surface area contributed by atoms with Gasteiger partial charge in [-0.2, -0.15) is 0 Å². The topological polar surface area (TPSA) is 67.9 Å². The summed E-state index contributed by atoms with van der Waals surface area (Å²) < 4.78 is 11.0. The van der Waals surface area contributed by atoms with Crippen molar-refractivity contribution in [1.82, 2.24) is 10.2 Å². The molecular weight excluding hydrogens is 428 g/mol. The highest BCUT2D eigenvalue weighted by molar-refractivity contribution is 5.84. The lowest BCUT2D eigenvalue weighted by Gasteiger charge is -2.21. The van der Waals surface area contributed by atoms with Crippen molar-refractivity contribution >= 4 is 11.8 Å². The minimum atomic E-state index is -0.384. The molecule has 0 aromatic heterocycles. The Morgan fingerprint density at radius 3 is 2.21 bits per heavy atom. The maximum Gasteiger partial charge on any atom is 0.227 e. The molecule has 0 spiro atoms. The average molecular weight is 459 g/mol. The van der Waals surface area contributed by atoms with Gasteiger partial charge < -0.3 is 19.7 Å². The number of methoxy groups -OCH3 is 2. The van der Waals surface area contributed by atoms with E-state index in [0.717, 1.165) is 16.7 Å². The lowest BCUT2D eigenvalue weighted by molar-refractivity contribution is -0.130. The molecule has 176 valence electrons. The lowest BCUT2D eigenvalue weighted by Crippen LogP contribution is -2.35. The molecule has 0 radical (unpaired) electrons. The first-order valence-electron chi connectivity index (χ1n) is 11.4. The van der Waals surface area contributed by atoms with Crippen molar-refractivity contribution in [3.05, 3.63) is 95.6 Å². The molecular formula is C28H30N2O4. The van der Waals surface area contributed by atoms with Gasteiger partial charge >= 0.3 is 0 Å². The van der Waals surface area contributed by atoms with Crippen LogP contribution in [0.5, 0.6) is 11.5 Å². The first-order chi connectivity index (χ1) is 16.6. The summed E-state index contributed by atoms with van der Waals surface area (Å²) in [5.41, 5.74) is 2.89. The molecule has 1 aliphatic rings. The summed E-state index contributed by atoms with van der Waals surface area (Å²) in [6, 6.07) is 25.1. The van der Waals surface area contributed by atoms with E-state index in [1.54, 1.807) is 19.1 Å². The third-order valence-corrected chi connectivity index (χ3v) is 6.36. The molecule has 34 heavy (non-hydrogen) atoms. The SMILES string of the molecule is COc1ccc([C@@H]2CN(C(=O)Cc3ccccc3)C[C@@H]2C(=O)NCc2ccccc2)c(OC)c1. The van der Waals surface area contributed by atoms with Crippen LogP contribution >= 0.6 is 0 Å². The molecule has 1 N–H and O–H groups in total. The summed E-state index contributed by atoms with van der Waals surface area (Å²) in [5.74, 6) is 0.717. The smallest absolute Gasteiger partial charge is 0.227 e. The van der Waals surface area contributed by atoms with Crippen molar-refractivity contribution in [2.45, 2.75) is 18.9 Å². The van der Waals surface area contributed by atoms with Gasteiger partial charge in [0.05, 0.1) is 26.6 Å². The highest BCUT2D eigenvalue weighted by Gasteiger charge is 2.41. The zero-order chi connectivity index (χ0) is 23.9. The van der Waals surface area contributed by atoms with Gasteiger partial charge in [-0.25, -0.2) is 0 Å². The zero-order valence-corrected chi connectivity index (χ0v) is 19.6. The van der Waals surface area contributed by atoms with Gasteiger partial charge in [-0.15, -0.1) is 0 Å². The molecule has 4 rings (SSSR count). The predicted octanol–water partition coefficient (Wildman–Crippen LogP) is 3.80. The molecule has 2 amide bonds. The Kier molecular flexibility index (Phi) is 7.48. The number of benzene rings is 3. The van der Waals surface area contributed by atoms with Gasteiger partial charge in [0, 0.05) is 37.2 Å². The number of ether oxygens (including phenoxy) is 2. The van der Waals surface area contributed by atoms with E-state index in [4.69, 9.17) is 9.47 Å². The third-order valence-electron chi connectivity index (χ3n) is 6.36.